The molecule has 4 rings (SSSR count). The summed E-state index contributed by atoms with van der Waals surface area (Å²) in [4.78, 5) is 55.5. The third-order valence-corrected chi connectivity index (χ3v) is 7.72. The van der Waals surface area contributed by atoms with E-state index in [-0.39, 0.29) is 30.2 Å². The van der Waals surface area contributed by atoms with Crippen LogP contribution in [0.5, 0.6) is 0 Å². The molecule has 2 atom stereocenters. The van der Waals surface area contributed by atoms with Gasteiger partial charge in [-0.15, -0.1) is 0 Å². The number of hydrogen-bond acceptors (Lipinski definition) is 4. The fraction of sp³-hybridized carbons (Fsp3) is 0.818. The van der Waals surface area contributed by atoms with E-state index in [4.69, 9.17) is 0 Å². The summed E-state index contributed by atoms with van der Waals surface area (Å²) >= 11 is 0. The Labute approximate surface area is 178 Å². The van der Waals surface area contributed by atoms with Crippen molar-refractivity contribution in [2.24, 2.45) is 11.8 Å². The maximum Gasteiger partial charge on any atom is 0.325 e. The van der Waals surface area contributed by atoms with Gasteiger partial charge in [-0.05, 0) is 37.5 Å². The zero-order valence-electron chi connectivity index (χ0n) is 18.0. The largest absolute Gasteiger partial charge is 0.339 e. The zero-order valence-corrected chi connectivity index (χ0v) is 18.0. The second-order valence-corrected chi connectivity index (χ2v) is 9.56. The Balaban J connectivity index is 1.29. The highest BCUT2D eigenvalue weighted by Gasteiger charge is 2.55. The average molecular weight is 419 g/mol. The average Bonchev–Trinajstić information content (AvgIpc) is 3.33. The van der Waals surface area contributed by atoms with Crippen LogP contribution in [-0.2, 0) is 14.4 Å². The van der Waals surface area contributed by atoms with Crippen molar-refractivity contribution >= 4 is 23.8 Å². The molecule has 2 saturated carbocycles. The number of carbonyl (C=O) groups excluding carboxylic acids is 4. The number of amides is 5. The number of nitrogens with one attached hydrogen (secondary N) is 1. The molecule has 2 unspecified atom stereocenters. The number of urea groups is 1. The van der Waals surface area contributed by atoms with Gasteiger partial charge in [0.1, 0.15) is 12.1 Å². The Morgan fingerprint density at radius 1 is 0.933 bits per heavy atom. The third-order valence-electron chi connectivity index (χ3n) is 7.72. The summed E-state index contributed by atoms with van der Waals surface area (Å²) < 4.78 is 0. The Kier molecular flexibility index (Phi) is 6.02. The summed E-state index contributed by atoms with van der Waals surface area (Å²) in [6, 6.07) is -0.451. The number of hydrogen-bond donors (Lipinski definition) is 1. The maximum absolute atomic E-state index is 13.0. The number of nitrogens with zero attached hydrogens (tertiary/aromatic N) is 3. The topological polar surface area (TPSA) is 90.0 Å². The molecule has 30 heavy (non-hydrogen) atoms. The van der Waals surface area contributed by atoms with Crippen molar-refractivity contribution in [3.63, 3.8) is 0 Å². The molecule has 0 bridgehead atoms. The van der Waals surface area contributed by atoms with Crippen LogP contribution in [0.1, 0.15) is 64.7 Å². The van der Waals surface area contributed by atoms with E-state index in [0.717, 1.165) is 37.0 Å². The highest BCUT2D eigenvalue weighted by atomic mass is 16.2. The lowest BCUT2D eigenvalue weighted by Gasteiger charge is -2.37. The van der Waals surface area contributed by atoms with Gasteiger partial charge in [-0.3, -0.25) is 19.3 Å². The summed E-state index contributed by atoms with van der Waals surface area (Å²) in [6.07, 6.45) is 8.90. The van der Waals surface area contributed by atoms with Gasteiger partial charge < -0.3 is 15.1 Å². The summed E-state index contributed by atoms with van der Waals surface area (Å²) in [6.45, 7) is 3.76. The first-order valence-electron chi connectivity index (χ1n) is 11.6. The van der Waals surface area contributed by atoms with Crippen molar-refractivity contribution in [2.45, 2.75) is 70.3 Å². The Morgan fingerprint density at radius 3 is 2.17 bits per heavy atom. The third kappa shape index (κ3) is 3.93. The zero-order chi connectivity index (χ0) is 21.3. The lowest BCUT2D eigenvalue weighted by molar-refractivity contribution is -0.143. The fourth-order valence-corrected chi connectivity index (χ4v) is 5.67. The van der Waals surface area contributed by atoms with Crippen LogP contribution in [0, 0.1) is 11.8 Å². The maximum atomic E-state index is 13.0. The van der Waals surface area contributed by atoms with Gasteiger partial charge in [-0.25, -0.2) is 4.79 Å². The van der Waals surface area contributed by atoms with Crippen LogP contribution in [0.2, 0.25) is 0 Å². The smallest absolute Gasteiger partial charge is 0.325 e. The predicted molar refractivity (Wildman–Crippen MR) is 110 cm³/mol. The van der Waals surface area contributed by atoms with Crippen LogP contribution in [0.25, 0.3) is 0 Å². The predicted octanol–water partition coefficient (Wildman–Crippen LogP) is 1.74. The molecule has 8 nitrogen and oxygen atoms in total. The molecule has 2 saturated heterocycles. The molecule has 2 aliphatic heterocycles. The summed E-state index contributed by atoms with van der Waals surface area (Å²) in [5, 5.41) is 2.90. The van der Waals surface area contributed by atoms with Crippen molar-refractivity contribution in [3.8, 4) is 0 Å². The highest BCUT2D eigenvalue weighted by Crippen LogP contribution is 2.38. The van der Waals surface area contributed by atoms with Gasteiger partial charge in [-0.1, -0.05) is 32.6 Å². The van der Waals surface area contributed by atoms with Crippen LogP contribution in [0.4, 0.5) is 4.79 Å². The number of rotatable bonds is 4. The Morgan fingerprint density at radius 2 is 1.53 bits per heavy atom. The van der Waals surface area contributed by atoms with E-state index >= 15 is 0 Å². The van der Waals surface area contributed by atoms with Gasteiger partial charge in [-0.2, -0.15) is 0 Å². The molecule has 5 amide bonds. The molecule has 0 aromatic carbocycles. The molecular formula is C22H34N4O4. The summed E-state index contributed by atoms with van der Waals surface area (Å²) in [5.41, 5.74) is -0.832. The van der Waals surface area contributed by atoms with Gasteiger partial charge in [0.2, 0.25) is 11.8 Å². The molecule has 2 aliphatic carbocycles. The Hall–Kier alpha value is -2.12. The van der Waals surface area contributed by atoms with Crippen LogP contribution in [0.15, 0.2) is 0 Å². The minimum absolute atomic E-state index is 0.0808. The van der Waals surface area contributed by atoms with Crippen molar-refractivity contribution in [3.05, 3.63) is 0 Å². The van der Waals surface area contributed by atoms with E-state index in [9.17, 15) is 19.2 Å². The van der Waals surface area contributed by atoms with E-state index < -0.39 is 11.6 Å². The lowest BCUT2D eigenvalue weighted by Crippen LogP contribution is -2.55. The van der Waals surface area contributed by atoms with Crippen molar-refractivity contribution in [1.29, 1.82) is 0 Å². The van der Waals surface area contributed by atoms with Crippen LogP contribution in [0.3, 0.4) is 0 Å². The molecule has 4 aliphatic rings. The molecule has 0 radical (unpaired) electrons. The van der Waals surface area contributed by atoms with Crippen molar-refractivity contribution in [1.82, 2.24) is 20.0 Å². The van der Waals surface area contributed by atoms with Gasteiger partial charge in [0, 0.05) is 32.6 Å². The van der Waals surface area contributed by atoms with E-state index in [1.54, 1.807) is 4.90 Å². The minimum atomic E-state index is -0.832. The molecular weight excluding hydrogens is 384 g/mol. The van der Waals surface area contributed by atoms with Crippen molar-refractivity contribution < 1.29 is 19.2 Å². The minimum Gasteiger partial charge on any atom is -0.339 e. The van der Waals surface area contributed by atoms with Crippen molar-refractivity contribution in [2.75, 3.05) is 32.7 Å². The first-order chi connectivity index (χ1) is 14.4. The molecule has 2 heterocycles. The van der Waals surface area contributed by atoms with Crippen LogP contribution >= 0.6 is 0 Å². The van der Waals surface area contributed by atoms with Crippen LogP contribution in [-0.4, -0.2) is 76.7 Å². The Bertz CT molecular complexity index is 712. The molecule has 166 valence electrons. The first-order valence-corrected chi connectivity index (χ1v) is 11.6. The fourth-order valence-electron chi connectivity index (χ4n) is 5.67. The molecule has 0 aromatic rings. The van der Waals surface area contributed by atoms with Gasteiger partial charge in [0.05, 0.1) is 0 Å². The standard InChI is InChI=1S/C22H34N4O4/c1-16-6-4-5-9-22(16)20(29)26(21(30)23-22)15-19(28)25-12-10-24(11-13-25)18(27)14-17-7-2-3-8-17/h16-17H,2-15H2,1H3,(H,23,30). The molecule has 8 heteroatoms. The van der Waals surface area contributed by atoms with E-state index in [1.807, 2.05) is 11.8 Å². The van der Waals surface area contributed by atoms with Gasteiger partial charge in [0.25, 0.3) is 5.91 Å². The first kappa shape index (κ1) is 21.1. The van der Waals surface area contributed by atoms with Gasteiger partial charge >= 0.3 is 6.03 Å². The second-order valence-electron chi connectivity index (χ2n) is 9.56. The van der Waals surface area contributed by atoms with Crippen LogP contribution < -0.4 is 5.32 Å². The SMILES string of the molecule is CC1CCCCC12NC(=O)N(CC(=O)N1CCN(C(=O)CC3CCCC3)CC1)C2=O. The number of imide groups is 1. The molecule has 1 N–H and O–H groups in total. The molecule has 0 aromatic heterocycles. The number of carbonyl (C=O) groups is 4. The number of piperazine rings is 1. The molecule has 4 fully saturated rings. The molecule has 1 spiro atoms. The lowest BCUT2D eigenvalue weighted by atomic mass is 9.73. The normalized spacial score (nSPS) is 30.3. The highest BCUT2D eigenvalue weighted by molar-refractivity contribution is 6.09. The summed E-state index contributed by atoms with van der Waals surface area (Å²) in [7, 11) is 0. The van der Waals surface area contributed by atoms with Gasteiger partial charge in [0.15, 0.2) is 0 Å². The monoisotopic (exact) mass is 418 g/mol. The second kappa shape index (κ2) is 8.55. The van der Waals surface area contributed by atoms with E-state index in [0.29, 0.717) is 44.9 Å². The quantitative estimate of drug-likeness (QED) is 0.704. The van der Waals surface area contributed by atoms with E-state index in [1.165, 1.54) is 12.8 Å². The van der Waals surface area contributed by atoms with E-state index in [2.05, 4.69) is 5.32 Å². The summed E-state index contributed by atoms with van der Waals surface area (Å²) in [5.74, 6) is 0.320.